The molecule has 0 bridgehead atoms. The fourth-order valence-electron chi connectivity index (χ4n) is 3.26. The molecule has 4 nitrogen and oxygen atoms in total. The van der Waals surface area contributed by atoms with E-state index in [0.29, 0.717) is 45.3 Å². The highest BCUT2D eigenvalue weighted by atomic mass is 16.7. The van der Waals surface area contributed by atoms with Crippen LogP contribution in [0, 0.1) is 11.8 Å². The summed E-state index contributed by atoms with van der Waals surface area (Å²) in [5.74, 6) is 5.22. The van der Waals surface area contributed by atoms with E-state index in [1.54, 1.807) is 0 Å². The van der Waals surface area contributed by atoms with Crippen molar-refractivity contribution in [2.24, 2.45) is 0 Å². The Morgan fingerprint density at radius 1 is 1.17 bits per heavy atom. The lowest BCUT2D eigenvalue weighted by Gasteiger charge is -2.37. The van der Waals surface area contributed by atoms with Crippen LogP contribution in [-0.4, -0.2) is 40.9 Å². The minimum Gasteiger partial charge on any atom is -0.378 e. The summed E-state index contributed by atoms with van der Waals surface area (Å²) < 4.78 is 11.3. The zero-order chi connectivity index (χ0) is 16.3. The Kier molecular flexibility index (Phi) is 4.74. The molecule has 1 unspecified atom stereocenters. The van der Waals surface area contributed by atoms with Crippen LogP contribution >= 0.6 is 0 Å². The second-order valence-electron chi connectivity index (χ2n) is 6.57. The van der Waals surface area contributed by atoms with E-state index in [1.807, 2.05) is 31.2 Å². The molecule has 3 rings (SSSR count). The van der Waals surface area contributed by atoms with Crippen LogP contribution in [0.15, 0.2) is 35.5 Å². The van der Waals surface area contributed by atoms with Crippen molar-refractivity contribution >= 4 is 0 Å². The molecule has 23 heavy (non-hydrogen) atoms. The Labute approximate surface area is 137 Å². The molecule has 2 fully saturated rings. The van der Waals surface area contributed by atoms with Crippen LogP contribution in [0.5, 0.6) is 0 Å². The second-order valence-corrected chi connectivity index (χ2v) is 6.57. The fourth-order valence-corrected chi connectivity index (χ4v) is 3.26. The smallest absolute Gasteiger partial charge is 0.168 e. The van der Waals surface area contributed by atoms with Gasteiger partial charge in [-0.05, 0) is 31.8 Å². The van der Waals surface area contributed by atoms with E-state index >= 15 is 0 Å². The van der Waals surface area contributed by atoms with E-state index in [2.05, 4.69) is 11.8 Å². The largest absolute Gasteiger partial charge is 0.378 e. The Hall–Kier alpha value is -1.38. The lowest BCUT2D eigenvalue weighted by atomic mass is 9.81. The molecular formula is C19H24O4. The molecule has 1 spiro atoms. The van der Waals surface area contributed by atoms with Crippen molar-refractivity contribution in [2.45, 2.75) is 56.5 Å². The van der Waals surface area contributed by atoms with Gasteiger partial charge in [-0.1, -0.05) is 41.7 Å². The van der Waals surface area contributed by atoms with Gasteiger partial charge in [0.2, 0.25) is 0 Å². The predicted molar refractivity (Wildman–Crippen MR) is 87.4 cm³/mol. The molecule has 4 heteroatoms. The second kappa shape index (κ2) is 6.62. The van der Waals surface area contributed by atoms with Gasteiger partial charge in [-0.2, -0.15) is 0 Å². The minimum atomic E-state index is -1.06. The highest BCUT2D eigenvalue weighted by Gasteiger charge is 2.44. The maximum Gasteiger partial charge on any atom is 0.168 e. The van der Waals surface area contributed by atoms with Crippen molar-refractivity contribution in [2.75, 3.05) is 13.2 Å². The van der Waals surface area contributed by atoms with Crippen molar-refractivity contribution in [3.05, 3.63) is 35.5 Å². The monoisotopic (exact) mass is 316 g/mol. The number of aliphatic hydroxyl groups excluding tert-OH is 1. The first-order valence-corrected chi connectivity index (χ1v) is 8.25. The quantitative estimate of drug-likeness (QED) is 0.728. The molecule has 2 N–H and O–H groups in total. The average molecular weight is 316 g/mol. The average Bonchev–Trinajstić information content (AvgIpc) is 2.89. The zero-order valence-corrected chi connectivity index (χ0v) is 13.5. The topological polar surface area (TPSA) is 58.9 Å². The van der Waals surface area contributed by atoms with Crippen LogP contribution in [0.25, 0.3) is 0 Å². The van der Waals surface area contributed by atoms with Gasteiger partial charge < -0.3 is 19.7 Å². The van der Waals surface area contributed by atoms with Crippen LogP contribution in [0.1, 0.15) is 39.0 Å². The maximum absolute atomic E-state index is 10.6. The third-order valence-electron chi connectivity index (χ3n) is 4.71. The van der Waals surface area contributed by atoms with Gasteiger partial charge in [-0.15, -0.1) is 0 Å². The van der Waals surface area contributed by atoms with Gasteiger partial charge in [0, 0.05) is 12.8 Å². The van der Waals surface area contributed by atoms with E-state index in [4.69, 9.17) is 9.47 Å². The van der Waals surface area contributed by atoms with Gasteiger partial charge in [0.1, 0.15) is 11.7 Å². The minimum absolute atomic E-state index is 0.505. The third-order valence-corrected chi connectivity index (χ3v) is 4.71. The molecule has 2 aliphatic carbocycles. The van der Waals surface area contributed by atoms with Crippen LogP contribution in [-0.2, 0) is 9.47 Å². The number of ether oxygens (including phenoxy) is 2. The molecule has 3 aliphatic rings. The number of allylic oxidation sites excluding steroid dienone is 5. The molecule has 1 saturated heterocycles. The Balaban J connectivity index is 1.64. The van der Waals surface area contributed by atoms with E-state index in [-0.39, 0.29) is 0 Å². The lowest BCUT2D eigenvalue weighted by molar-refractivity contribution is -0.195. The number of aliphatic hydroxyl groups is 2. The molecular weight excluding hydrogens is 292 g/mol. The van der Waals surface area contributed by atoms with Gasteiger partial charge in [0.15, 0.2) is 5.79 Å². The Bertz CT molecular complexity index is 587. The third kappa shape index (κ3) is 3.94. The van der Waals surface area contributed by atoms with Crippen LogP contribution < -0.4 is 0 Å². The number of rotatable bonds is 1. The van der Waals surface area contributed by atoms with Crippen molar-refractivity contribution in [3.8, 4) is 11.8 Å². The van der Waals surface area contributed by atoms with E-state index in [0.717, 1.165) is 11.1 Å². The molecule has 0 aromatic rings. The van der Waals surface area contributed by atoms with Crippen LogP contribution in [0.3, 0.4) is 0 Å². The van der Waals surface area contributed by atoms with Gasteiger partial charge in [0.05, 0.1) is 13.2 Å². The summed E-state index contributed by atoms with van der Waals surface area (Å²) in [4.78, 5) is 0. The zero-order valence-electron chi connectivity index (χ0n) is 13.5. The molecule has 1 saturated carbocycles. The Morgan fingerprint density at radius 2 is 1.87 bits per heavy atom. The fraction of sp³-hybridized carbons (Fsp3) is 0.579. The van der Waals surface area contributed by atoms with Gasteiger partial charge >= 0.3 is 0 Å². The van der Waals surface area contributed by atoms with Crippen molar-refractivity contribution in [1.82, 2.24) is 0 Å². The molecule has 1 aliphatic heterocycles. The first kappa shape index (κ1) is 16.5. The maximum atomic E-state index is 10.6. The van der Waals surface area contributed by atoms with E-state index in [1.165, 1.54) is 0 Å². The molecule has 124 valence electrons. The summed E-state index contributed by atoms with van der Waals surface area (Å²) in [6, 6.07) is 0. The number of hydrogen-bond acceptors (Lipinski definition) is 4. The molecule has 1 atom stereocenters. The Morgan fingerprint density at radius 3 is 2.57 bits per heavy atom. The molecule has 0 amide bonds. The first-order valence-electron chi connectivity index (χ1n) is 8.25. The van der Waals surface area contributed by atoms with E-state index in [9.17, 15) is 10.2 Å². The molecule has 0 radical (unpaired) electrons. The van der Waals surface area contributed by atoms with E-state index < -0.39 is 17.5 Å². The molecule has 0 aromatic carbocycles. The van der Waals surface area contributed by atoms with Crippen LogP contribution in [0.4, 0.5) is 0 Å². The summed E-state index contributed by atoms with van der Waals surface area (Å²) in [7, 11) is 0. The van der Waals surface area contributed by atoms with Gasteiger partial charge in [-0.25, -0.2) is 0 Å². The van der Waals surface area contributed by atoms with Crippen molar-refractivity contribution < 1.29 is 19.7 Å². The first-order chi connectivity index (χ1) is 11.0. The summed E-state index contributed by atoms with van der Waals surface area (Å²) >= 11 is 0. The summed E-state index contributed by atoms with van der Waals surface area (Å²) in [6.07, 6.45) is 10.1. The summed E-state index contributed by atoms with van der Waals surface area (Å²) in [5, 5.41) is 20.9. The van der Waals surface area contributed by atoms with Gasteiger partial charge in [0.25, 0.3) is 0 Å². The highest BCUT2D eigenvalue weighted by Crippen LogP contribution is 2.39. The highest BCUT2D eigenvalue weighted by molar-refractivity contribution is 5.36. The lowest BCUT2D eigenvalue weighted by Crippen LogP contribution is -2.43. The summed E-state index contributed by atoms with van der Waals surface area (Å²) in [6.45, 7) is 3.24. The van der Waals surface area contributed by atoms with Crippen molar-refractivity contribution in [3.63, 3.8) is 0 Å². The van der Waals surface area contributed by atoms with Crippen molar-refractivity contribution in [1.29, 1.82) is 0 Å². The summed E-state index contributed by atoms with van der Waals surface area (Å²) in [5.41, 5.74) is 0.884. The predicted octanol–water partition coefficient (Wildman–Crippen LogP) is 2.23. The molecule has 1 heterocycles. The van der Waals surface area contributed by atoms with Gasteiger partial charge in [-0.3, -0.25) is 0 Å². The SMILES string of the molecule is CC1=CC=CCC(C(O)C#CC2(O)CCC3(CC2)OCCO3)=C1. The number of hydrogen-bond donors (Lipinski definition) is 2. The standard InChI is InChI=1S/C19H24O4/c1-15-4-2-3-5-16(14-15)17(20)6-7-18(21)8-10-19(11-9-18)22-12-13-23-19/h2-4,14,17,20-21H,5,8-13H2,1H3. The normalized spacial score (nSPS) is 26.7. The molecule has 0 aromatic heterocycles. The van der Waals surface area contributed by atoms with Crippen LogP contribution in [0.2, 0.25) is 0 Å².